The van der Waals surface area contributed by atoms with Gasteiger partial charge in [-0.2, -0.15) is 0 Å². The fraction of sp³-hybridized carbons (Fsp3) is 0.273. The summed E-state index contributed by atoms with van der Waals surface area (Å²) in [5.74, 6) is -0.176. The number of hydrogen-bond donors (Lipinski definition) is 1. The van der Waals surface area contributed by atoms with Crippen LogP contribution in [0.2, 0.25) is 0 Å². The maximum absolute atomic E-state index is 13.4. The molecule has 1 fully saturated rings. The van der Waals surface area contributed by atoms with Crippen LogP contribution < -0.4 is 5.32 Å². The molecule has 1 aromatic heterocycles. The molecule has 1 N–H and O–H groups in total. The van der Waals surface area contributed by atoms with E-state index in [1.165, 1.54) is 12.1 Å². The van der Waals surface area contributed by atoms with Gasteiger partial charge in [-0.15, -0.1) is 12.8 Å². The summed E-state index contributed by atoms with van der Waals surface area (Å²) >= 11 is 0. The van der Waals surface area contributed by atoms with E-state index in [0.717, 1.165) is 37.1 Å². The van der Waals surface area contributed by atoms with Crippen LogP contribution in [0, 0.1) is 18.7 Å². The molecule has 0 radical (unpaired) electrons. The van der Waals surface area contributed by atoms with E-state index in [1.807, 2.05) is 61.2 Å². The number of benzene rings is 3. The number of nitrogens with one attached hydrogen (secondary N) is 1. The normalized spacial score (nSPS) is 11.8. The number of terminal acetylenes is 1. The largest absolute Gasteiger partial charge is 0.455 e. The van der Waals surface area contributed by atoms with Crippen molar-refractivity contribution in [3.8, 4) is 35.3 Å². The van der Waals surface area contributed by atoms with E-state index in [4.69, 9.17) is 4.42 Å². The number of likely N-dealkylation sites (tertiary alicyclic amines) is 1. The molecule has 7 heteroatoms. The third kappa shape index (κ3) is 7.37. The van der Waals surface area contributed by atoms with Crippen LogP contribution in [-0.4, -0.2) is 51.1 Å². The molecular formula is C33H37FN2O4. The molecule has 5 rings (SSSR count). The number of ether oxygens (including phenoxy) is 1. The SMILES string of the molecule is C#C.CC.CNC(=O)c1c(-c2ccc(F)cc2)oc2ccc(-c3ccc(C(=O)N4CCCC4)cc3)cc12.COC. The Morgan fingerprint density at radius 1 is 0.875 bits per heavy atom. The number of carbonyl (C=O) groups is 2. The van der Waals surface area contributed by atoms with Crippen molar-refractivity contribution in [3.05, 3.63) is 83.7 Å². The second kappa shape index (κ2) is 15.9. The molecule has 0 atom stereocenters. The van der Waals surface area contributed by atoms with Gasteiger partial charge in [-0.1, -0.05) is 32.0 Å². The maximum atomic E-state index is 13.4. The van der Waals surface area contributed by atoms with Crippen LogP contribution in [0.4, 0.5) is 4.39 Å². The summed E-state index contributed by atoms with van der Waals surface area (Å²) in [5, 5.41) is 3.34. The Kier molecular flexibility index (Phi) is 12.6. The van der Waals surface area contributed by atoms with E-state index in [1.54, 1.807) is 33.4 Å². The standard InChI is InChI=1S/C27H23FN2O3.C2H6O.C2H6.C2H2/c1-29-26(31)24-22-16-20(10-13-23(22)33-25(24)18-8-11-21(28)12-9-18)17-4-6-19(7-5-17)27(32)30-14-2-3-15-30;1-3-2;2*1-2/h4-13,16H,2-3,14-15H2,1H3,(H,29,31);1-2H3;1-2H3;1-2H. The maximum Gasteiger partial charge on any atom is 0.255 e. The summed E-state index contributed by atoms with van der Waals surface area (Å²) in [7, 11) is 4.82. The van der Waals surface area contributed by atoms with Gasteiger partial charge < -0.3 is 19.4 Å². The minimum Gasteiger partial charge on any atom is -0.455 e. The Labute approximate surface area is 236 Å². The lowest BCUT2D eigenvalue weighted by atomic mass is 9.99. The van der Waals surface area contributed by atoms with Gasteiger partial charge in [0.15, 0.2) is 0 Å². The van der Waals surface area contributed by atoms with Gasteiger partial charge in [0, 0.05) is 50.9 Å². The second-order valence-electron chi connectivity index (χ2n) is 8.59. The van der Waals surface area contributed by atoms with Crippen molar-refractivity contribution in [3.63, 3.8) is 0 Å². The molecule has 1 aliphatic heterocycles. The highest BCUT2D eigenvalue weighted by atomic mass is 19.1. The van der Waals surface area contributed by atoms with Crippen LogP contribution >= 0.6 is 0 Å². The van der Waals surface area contributed by atoms with Crippen molar-refractivity contribution in [2.45, 2.75) is 26.7 Å². The average molecular weight is 545 g/mol. The van der Waals surface area contributed by atoms with Gasteiger partial charge in [-0.3, -0.25) is 9.59 Å². The van der Waals surface area contributed by atoms with E-state index in [2.05, 4.69) is 22.9 Å². The Morgan fingerprint density at radius 3 is 1.95 bits per heavy atom. The molecule has 0 unspecified atom stereocenters. The predicted octanol–water partition coefficient (Wildman–Crippen LogP) is 7.04. The number of rotatable bonds is 4. The Hall–Kier alpha value is -4.41. The van der Waals surface area contributed by atoms with Crippen molar-refractivity contribution in [2.75, 3.05) is 34.4 Å². The molecule has 2 heterocycles. The van der Waals surface area contributed by atoms with Crippen molar-refractivity contribution < 1.29 is 23.1 Å². The summed E-state index contributed by atoms with van der Waals surface area (Å²) in [5.41, 5.74) is 4.10. The van der Waals surface area contributed by atoms with Crippen molar-refractivity contribution >= 4 is 22.8 Å². The lowest BCUT2D eigenvalue weighted by Gasteiger charge is -2.15. The first-order valence-electron chi connectivity index (χ1n) is 13.1. The summed E-state index contributed by atoms with van der Waals surface area (Å²) < 4.78 is 23.7. The number of halogens is 1. The van der Waals surface area contributed by atoms with E-state index in [0.29, 0.717) is 33.4 Å². The molecule has 1 aliphatic rings. The number of fused-ring (bicyclic) bond motifs is 1. The van der Waals surface area contributed by atoms with Gasteiger partial charge in [-0.05, 0) is 72.5 Å². The van der Waals surface area contributed by atoms with Gasteiger partial charge in [0.05, 0.1) is 5.56 Å². The minimum atomic E-state index is -0.356. The first-order valence-corrected chi connectivity index (χ1v) is 13.1. The molecule has 4 aromatic rings. The molecular weight excluding hydrogens is 507 g/mol. The molecule has 0 spiro atoms. The van der Waals surface area contributed by atoms with Crippen LogP contribution in [0.5, 0.6) is 0 Å². The third-order valence-corrected chi connectivity index (χ3v) is 6.11. The zero-order valence-electron chi connectivity index (χ0n) is 23.8. The summed E-state index contributed by atoms with van der Waals surface area (Å²) in [6.07, 6.45) is 10.1. The molecule has 2 amide bonds. The van der Waals surface area contributed by atoms with Crippen molar-refractivity contribution in [1.29, 1.82) is 0 Å². The Balaban J connectivity index is 0.000000737. The fourth-order valence-corrected chi connectivity index (χ4v) is 4.34. The summed E-state index contributed by atoms with van der Waals surface area (Å²) in [6.45, 7) is 5.63. The number of nitrogens with zero attached hydrogens (tertiary/aromatic N) is 1. The van der Waals surface area contributed by atoms with Crippen molar-refractivity contribution in [1.82, 2.24) is 10.2 Å². The van der Waals surface area contributed by atoms with Gasteiger partial charge in [0.1, 0.15) is 17.2 Å². The van der Waals surface area contributed by atoms with Gasteiger partial charge in [-0.25, -0.2) is 4.39 Å². The number of furan rings is 1. The highest BCUT2D eigenvalue weighted by molar-refractivity contribution is 6.11. The van der Waals surface area contributed by atoms with Gasteiger partial charge in [0.25, 0.3) is 11.8 Å². The number of hydrogen-bond acceptors (Lipinski definition) is 4. The van der Waals surface area contributed by atoms with Crippen LogP contribution in [0.1, 0.15) is 47.4 Å². The highest BCUT2D eigenvalue weighted by Gasteiger charge is 2.22. The van der Waals surface area contributed by atoms with Gasteiger partial charge in [0.2, 0.25) is 0 Å². The molecule has 1 saturated heterocycles. The van der Waals surface area contributed by atoms with E-state index >= 15 is 0 Å². The van der Waals surface area contributed by atoms with E-state index in [9.17, 15) is 14.0 Å². The summed E-state index contributed by atoms with van der Waals surface area (Å²) in [4.78, 5) is 27.3. The number of methoxy groups -OCH3 is 1. The molecule has 210 valence electrons. The lowest BCUT2D eigenvalue weighted by Crippen LogP contribution is -2.27. The number of carbonyl (C=O) groups excluding carboxylic acids is 2. The Bertz CT molecular complexity index is 1400. The molecule has 6 nitrogen and oxygen atoms in total. The summed E-state index contributed by atoms with van der Waals surface area (Å²) in [6, 6.07) is 19.1. The fourth-order valence-electron chi connectivity index (χ4n) is 4.34. The van der Waals surface area contributed by atoms with E-state index < -0.39 is 0 Å². The molecule has 0 bridgehead atoms. The van der Waals surface area contributed by atoms with Crippen molar-refractivity contribution in [2.24, 2.45) is 0 Å². The van der Waals surface area contributed by atoms with Crippen LogP contribution in [0.15, 0.2) is 71.1 Å². The first-order chi connectivity index (χ1) is 19.5. The van der Waals surface area contributed by atoms with Crippen LogP contribution in [-0.2, 0) is 4.74 Å². The third-order valence-electron chi connectivity index (χ3n) is 6.11. The lowest BCUT2D eigenvalue weighted by molar-refractivity contribution is 0.0792. The Morgan fingerprint density at radius 2 is 1.40 bits per heavy atom. The predicted molar refractivity (Wildman–Crippen MR) is 160 cm³/mol. The smallest absolute Gasteiger partial charge is 0.255 e. The quantitative estimate of drug-likeness (QED) is 0.280. The number of amides is 2. The zero-order chi connectivity index (χ0) is 29.7. The highest BCUT2D eigenvalue weighted by Crippen LogP contribution is 2.36. The van der Waals surface area contributed by atoms with Gasteiger partial charge >= 0.3 is 0 Å². The molecule has 0 saturated carbocycles. The molecule has 40 heavy (non-hydrogen) atoms. The topological polar surface area (TPSA) is 71.8 Å². The average Bonchev–Trinajstić information content (AvgIpc) is 3.68. The second-order valence-corrected chi connectivity index (χ2v) is 8.59. The minimum absolute atomic E-state index is 0.0650. The van der Waals surface area contributed by atoms with Crippen LogP contribution in [0.25, 0.3) is 33.4 Å². The molecule has 3 aromatic carbocycles. The zero-order valence-corrected chi connectivity index (χ0v) is 23.8. The van der Waals surface area contributed by atoms with E-state index in [-0.39, 0.29) is 17.6 Å². The molecule has 0 aliphatic carbocycles. The van der Waals surface area contributed by atoms with Crippen LogP contribution in [0.3, 0.4) is 0 Å². The first kappa shape index (κ1) is 31.8. The monoisotopic (exact) mass is 544 g/mol.